The number of aryl methyl sites for hydroxylation is 2. The van der Waals surface area contributed by atoms with Gasteiger partial charge in [0, 0.05) is 61.5 Å². The molecule has 4 aliphatic rings. The fourth-order valence-corrected chi connectivity index (χ4v) is 10.8. The van der Waals surface area contributed by atoms with Crippen LogP contribution in [0.2, 0.25) is 0 Å². The molecule has 62 heavy (non-hydrogen) atoms. The number of carbonyl (C=O) groups excluding carboxylic acids is 1. The third-order valence-corrected chi connectivity index (χ3v) is 14.9. The molecule has 3 atom stereocenters. The Kier molecular flexibility index (Phi) is 9.48. The Hall–Kier alpha value is -5.87. The molecule has 6 aromatic rings. The molecule has 3 fully saturated rings. The molecule has 3 unspecified atom stereocenters. The van der Waals surface area contributed by atoms with Gasteiger partial charge in [-0.05, 0) is 123 Å². The second kappa shape index (κ2) is 14.6. The zero-order chi connectivity index (χ0) is 43.4. The van der Waals surface area contributed by atoms with Crippen molar-refractivity contribution < 1.29 is 26.9 Å². The largest absolute Gasteiger partial charge is 0.438 e. The van der Waals surface area contributed by atoms with Crippen molar-refractivity contribution in [3.05, 3.63) is 132 Å². The van der Waals surface area contributed by atoms with Gasteiger partial charge in [-0.3, -0.25) is 19.1 Å². The highest BCUT2D eigenvalue weighted by Gasteiger charge is 2.59. The second-order valence-corrected chi connectivity index (χ2v) is 19.7. The molecule has 0 spiro atoms. The van der Waals surface area contributed by atoms with Crippen molar-refractivity contribution in [3.8, 4) is 5.69 Å². The molecule has 3 aliphatic heterocycles. The lowest BCUT2D eigenvalue weighted by Crippen LogP contribution is -2.50. The summed E-state index contributed by atoms with van der Waals surface area (Å²) in [6.07, 6.45) is 3.88. The van der Waals surface area contributed by atoms with E-state index in [0.29, 0.717) is 84.2 Å². The zero-order valence-corrected chi connectivity index (χ0v) is 36.1. The number of anilines is 1. The van der Waals surface area contributed by atoms with E-state index in [2.05, 4.69) is 35.3 Å². The van der Waals surface area contributed by atoms with Crippen LogP contribution in [0.3, 0.4) is 0 Å². The highest BCUT2D eigenvalue weighted by atomic mass is 32.2. The number of H-pyrrole nitrogens is 1. The monoisotopic (exact) mass is 861 g/mol. The number of aromatic amines is 1. The maximum atomic E-state index is 15.3. The van der Waals surface area contributed by atoms with Gasteiger partial charge in [-0.1, -0.05) is 30.3 Å². The van der Waals surface area contributed by atoms with Crippen LogP contribution in [0.4, 0.5) is 10.3 Å². The average Bonchev–Trinajstić information content (AvgIpc) is 3.50. The van der Waals surface area contributed by atoms with E-state index >= 15 is 4.79 Å². The predicted octanol–water partition coefficient (Wildman–Crippen LogP) is 6.06. The van der Waals surface area contributed by atoms with Gasteiger partial charge in [-0.15, -0.1) is 0 Å². The number of rotatable bonds is 8. The first-order valence-electron chi connectivity index (χ1n) is 21.2. The highest BCUT2D eigenvalue weighted by Crippen LogP contribution is 2.56. The van der Waals surface area contributed by atoms with Crippen LogP contribution in [-0.4, -0.2) is 82.6 Å². The molecular formula is C46H48FN7O7S. The molecule has 1 aliphatic carbocycles. The number of carbonyl (C=O) groups is 1. The first-order chi connectivity index (χ1) is 29.6. The summed E-state index contributed by atoms with van der Waals surface area (Å²) in [5, 5.41) is 5.05. The Morgan fingerprint density at radius 2 is 1.66 bits per heavy atom. The van der Waals surface area contributed by atoms with Gasteiger partial charge in [-0.2, -0.15) is 0 Å². The summed E-state index contributed by atoms with van der Waals surface area (Å²) in [5.41, 5.74) is 4.46. The maximum absolute atomic E-state index is 15.3. The molecular weight excluding hydrogens is 814 g/mol. The number of hydrogen-bond acceptors (Lipinski definition) is 10. The maximum Gasteiger partial charge on any atom is 0.438 e. The molecule has 6 heterocycles. The van der Waals surface area contributed by atoms with Gasteiger partial charge >= 0.3 is 5.76 Å². The van der Waals surface area contributed by atoms with Crippen molar-refractivity contribution in [2.45, 2.75) is 81.7 Å². The van der Waals surface area contributed by atoms with Crippen LogP contribution in [-0.2, 0) is 26.5 Å². The molecule has 10 rings (SSSR count). The van der Waals surface area contributed by atoms with Gasteiger partial charge in [0.05, 0.1) is 22.3 Å². The Morgan fingerprint density at radius 3 is 2.32 bits per heavy atom. The summed E-state index contributed by atoms with van der Waals surface area (Å²) in [6, 6.07) is 17.9. The van der Waals surface area contributed by atoms with E-state index in [1.807, 2.05) is 28.5 Å². The molecule has 0 bridgehead atoms. The smallest absolute Gasteiger partial charge is 0.381 e. The lowest BCUT2D eigenvalue weighted by atomic mass is 9.91. The van der Waals surface area contributed by atoms with Gasteiger partial charge in [0.15, 0.2) is 15.7 Å². The van der Waals surface area contributed by atoms with E-state index in [0.717, 1.165) is 29.3 Å². The number of benzene rings is 3. The summed E-state index contributed by atoms with van der Waals surface area (Å²) >= 11 is 0. The van der Waals surface area contributed by atoms with Crippen LogP contribution in [0.5, 0.6) is 0 Å². The van der Waals surface area contributed by atoms with Crippen LogP contribution < -0.4 is 16.2 Å². The summed E-state index contributed by atoms with van der Waals surface area (Å²) in [6.45, 7) is 9.83. The van der Waals surface area contributed by atoms with Crippen LogP contribution in [0.15, 0.2) is 79.7 Å². The molecule has 14 nitrogen and oxygen atoms in total. The van der Waals surface area contributed by atoms with E-state index in [1.165, 1.54) is 11.8 Å². The Labute approximate surface area is 357 Å². The number of ether oxygens (including phenoxy) is 1. The second-order valence-electron chi connectivity index (χ2n) is 17.7. The average molecular weight is 862 g/mol. The Morgan fingerprint density at radius 1 is 0.952 bits per heavy atom. The SMILES string of the molecule is Cc1cc(-n2c(N3CC(c4cccc(S(C)(=O)=O)c4)C3)nc3c(c2=O)CCN(C(=O)c2cc4cc(C5CCOCC5)ccc4n2C2(c4noc(=O)[nH]4)CC2C)C3C)cc(C)c1F. The van der Waals surface area contributed by atoms with Crippen molar-refractivity contribution >= 4 is 32.6 Å². The highest BCUT2D eigenvalue weighted by molar-refractivity contribution is 7.90. The standard InChI is InChI=1S/C46H48FN7O7S/c1-25-17-34(18-26(2)39(25)47)53-41(55)36-11-14-52(28(4)40(36)48-44(53)51-23-33(24-51)30-7-6-8-35(20-30)62(5,58)59)42(56)38-21-32-19-31(29-12-15-60-16-13-29)9-10-37(32)54(38)46(22-27(46)3)43-49-45(57)61-50-43/h6-10,17-21,27-29,33H,11-16,22-24H2,1-5H3,(H,49,50,57). The molecule has 16 heteroatoms. The number of fused-ring (bicyclic) bond motifs is 2. The quantitative estimate of drug-likeness (QED) is 0.190. The van der Waals surface area contributed by atoms with E-state index in [9.17, 15) is 22.4 Å². The number of halogens is 1. The van der Waals surface area contributed by atoms with Crippen molar-refractivity contribution in [1.82, 2.24) is 29.2 Å². The molecule has 0 radical (unpaired) electrons. The zero-order valence-electron chi connectivity index (χ0n) is 35.3. The molecule has 2 saturated heterocycles. The summed E-state index contributed by atoms with van der Waals surface area (Å²) < 4.78 is 54.0. The van der Waals surface area contributed by atoms with E-state index in [-0.39, 0.29) is 47.0 Å². The van der Waals surface area contributed by atoms with Gasteiger partial charge in [0.25, 0.3) is 11.5 Å². The van der Waals surface area contributed by atoms with Gasteiger partial charge < -0.3 is 19.1 Å². The summed E-state index contributed by atoms with van der Waals surface area (Å²) in [7, 11) is -3.42. The van der Waals surface area contributed by atoms with Crippen molar-refractivity contribution in [2.75, 3.05) is 44.0 Å². The lowest BCUT2D eigenvalue weighted by Gasteiger charge is -2.42. The van der Waals surface area contributed by atoms with Crippen molar-refractivity contribution in [3.63, 3.8) is 0 Å². The first-order valence-corrected chi connectivity index (χ1v) is 23.1. The number of nitrogens with one attached hydrogen (secondary N) is 1. The van der Waals surface area contributed by atoms with E-state index < -0.39 is 27.2 Å². The molecule has 3 aromatic carbocycles. The summed E-state index contributed by atoms with van der Waals surface area (Å²) in [4.78, 5) is 54.4. The summed E-state index contributed by atoms with van der Waals surface area (Å²) in [5.74, 6) is -0.203. The number of sulfone groups is 1. The predicted molar refractivity (Wildman–Crippen MR) is 230 cm³/mol. The number of aromatic nitrogens is 5. The normalized spacial score (nSPS) is 21.9. The Bertz CT molecular complexity index is 3030. The van der Waals surface area contributed by atoms with E-state index in [4.69, 9.17) is 14.2 Å². The first kappa shape index (κ1) is 40.2. The third-order valence-electron chi connectivity index (χ3n) is 13.8. The fraction of sp³-hybridized carbons (Fsp3) is 0.413. The Balaban J connectivity index is 1.06. The molecule has 1 amide bonds. The van der Waals surface area contributed by atoms with Gasteiger partial charge in [-0.25, -0.2) is 27.2 Å². The number of nitrogens with zero attached hydrogens (tertiary/aromatic N) is 6. The van der Waals surface area contributed by atoms with Gasteiger partial charge in [0.2, 0.25) is 5.95 Å². The minimum atomic E-state index is -3.42. The van der Waals surface area contributed by atoms with Crippen LogP contribution in [0.25, 0.3) is 16.6 Å². The third kappa shape index (κ3) is 6.43. The minimum Gasteiger partial charge on any atom is -0.381 e. The lowest BCUT2D eigenvalue weighted by molar-refractivity contribution is 0.0658. The number of amides is 1. The van der Waals surface area contributed by atoms with Crippen molar-refractivity contribution in [2.24, 2.45) is 5.92 Å². The number of hydrogen-bond donors (Lipinski definition) is 1. The fourth-order valence-electron chi connectivity index (χ4n) is 10.2. The van der Waals surface area contributed by atoms with Crippen LogP contribution >= 0.6 is 0 Å². The molecule has 1 N–H and O–H groups in total. The molecule has 1 saturated carbocycles. The topological polar surface area (TPSA) is 166 Å². The van der Waals surface area contributed by atoms with Gasteiger partial charge in [0.1, 0.15) is 17.1 Å². The molecule has 322 valence electrons. The van der Waals surface area contributed by atoms with Crippen LogP contribution in [0.1, 0.15) is 101 Å². The van der Waals surface area contributed by atoms with Crippen LogP contribution in [0, 0.1) is 25.6 Å². The minimum absolute atomic E-state index is 0.0238. The van der Waals surface area contributed by atoms with Crippen molar-refractivity contribution in [1.29, 1.82) is 0 Å². The van der Waals surface area contributed by atoms with E-state index in [1.54, 1.807) is 53.6 Å². The molecule has 3 aromatic heterocycles.